The lowest BCUT2D eigenvalue weighted by atomic mass is 9.93. The van der Waals surface area contributed by atoms with Crippen molar-refractivity contribution < 1.29 is 13.5 Å². The molecule has 0 amide bonds. The van der Waals surface area contributed by atoms with E-state index in [-0.39, 0.29) is 16.6 Å². The van der Waals surface area contributed by atoms with E-state index < -0.39 is 16.1 Å². The second-order valence-electron chi connectivity index (χ2n) is 5.22. The smallest absolute Gasteiger partial charge is 0.248 e. The fraction of sp³-hybridized carbons (Fsp3) is 0.750. The highest BCUT2D eigenvalue weighted by atomic mass is 32.2. The van der Waals surface area contributed by atoms with Gasteiger partial charge < -0.3 is 10.8 Å². The zero-order valence-corrected chi connectivity index (χ0v) is 12.7. The third-order valence-electron chi connectivity index (χ3n) is 3.88. The van der Waals surface area contributed by atoms with Crippen molar-refractivity contribution in [3.05, 3.63) is 6.20 Å². The van der Waals surface area contributed by atoms with Crippen molar-refractivity contribution in [2.24, 2.45) is 5.92 Å². The topological polar surface area (TPSA) is 101 Å². The van der Waals surface area contributed by atoms with Gasteiger partial charge in [-0.2, -0.15) is 9.40 Å². The van der Waals surface area contributed by atoms with Gasteiger partial charge in [-0.05, 0) is 32.6 Å². The van der Waals surface area contributed by atoms with Gasteiger partial charge in [0, 0.05) is 25.8 Å². The van der Waals surface area contributed by atoms with E-state index in [0.717, 1.165) is 0 Å². The number of aromatic nitrogens is 2. The number of sulfonamides is 1. The lowest BCUT2D eigenvalue weighted by Crippen LogP contribution is -2.40. The van der Waals surface area contributed by atoms with E-state index in [1.54, 1.807) is 6.92 Å². The van der Waals surface area contributed by atoms with E-state index in [1.165, 1.54) is 15.2 Å². The number of nitrogens with two attached hydrogens (primary N) is 1. The number of aliphatic hydroxyl groups is 1. The van der Waals surface area contributed by atoms with Crippen LogP contribution in [0.5, 0.6) is 0 Å². The maximum atomic E-state index is 12.5. The molecule has 1 aromatic heterocycles. The number of rotatable bonds is 4. The van der Waals surface area contributed by atoms with Crippen LogP contribution in [0.1, 0.15) is 26.7 Å². The Hall–Kier alpha value is -1.12. The van der Waals surface area contributed by atoms with Crippen molar-refractivity contribution >= 4 is 15.8 Å². The first-order valence-electron chi connectivity index (χ1n) is 6.87. The number of hydrogen-bond acceptors (Lipinski definition) is 5. The predicted octanol–water partition coefficient (Wildman–Crippen LogP) is 0.267. The van der Waals surface area contributed by atoms with Crippen molar-refractivity contribution in [1.82, 2.24) is 14.1 Å². The molecule has 1 saturated heterocycles. The molecule has 0 aromatic carbocycles. The number of aliphatic hydroxyl groups excluding tert-OH is 1. The van der Waals surface area contributed by atoms with Gasteiger partial charge in [-0.1, -0.05) is 0 Å². The van der Waals surface area contributed by atoms with Gasteiger partial charge in [-0.3, -0.25) is 4.68 Å². The molecule has 1 fully saturated rings. The molecule has 0 bridgehead atoms. The van der Waals surface area contributed by atoms with E-state index in [2.05, 4.69) is 5.10 Å². The standard InChI is InChI=1S/C12H22N4O3S/c1-3-15-8-11(12(13)14-15)20(18,19)16-6-4-10(5-7-16)9(2)17/h8-10,17H,3-7H2,1-2H3,(H2,13,14). The maximum Gasteiger partial charge on any atom is 0.248 e. The molecule has 1 atom stereocenters. The fourth-order valence-corrected chi connectivity index (χ4v) is 4.05. The second-order valence-corrected chi connectivity index (χ2v) is 7.12. The van der Waals surface area contributed by atoms with Crippen LogP contribution in [0.25, 0.3) is 0 Å². The summed E-state index contributed by atoms with van der Waals surface area (Å²) in [6, 6.07) is 0. The average molecular weight is 302 g/mol. The average Bonchev–Trinajstić information content (AvgIpc) is 2.81. The molecule has 0 aliphatic carbocycles. The SMILES string of the molecule is CCn1cc(S(=O)(=O)N2CCC(C(C)O)CC2)c(N)n1. The van der Waals surface area contributed by atoms with Gasteiger partial charge in [0.2, 0.25) is 10.0 Å². The first-order valence-corrected chi connectivity index (χ1v) is 8.31. The zero-order valence-electron chi connectivity index (χ0n) is 11.9. The minimum absolute atomic E-state index is 0.0458. The second kappa shape index (κ2) is 5.71. The molecule has 3 N–H and O–H groups in total. The van der Waals surface area contributed by atoms with Crippen LogP contribution in [-0.4, -0.2) is 46.8 Å². The van der Waals surface area contributed by atoms with Gasteiger partial charge in [0.15, 0.2) is 5.82 Å². The van der Waals surface area contributed by atoms with Crippen molar-refractivity contribution in [2.75, 3.05) is 18.8 Å². The summed E-state index contributed by atoms with van der Waals surface area (Å²) in [5.74, 6) is 0.210. The van der Waals surface area contributed by atoms with Crippen LogP contribution in [0.15, 0.2) is 11.1 Å². The van der Waals surface area contributed by atoms with Crippen LogP contribution < -0.4 is 5.73 Å². The molecule has 0 saturated carbocycles. The Morgan fingerprint density at radius 1 is 1.50 bits per heavy atom. The zero-order chi connectivity index (χ0) is 14.9. The quantitative estimate of drug-likeness (QED) is 0.831. The van der Waals surface area contributed by atoms with E-state index in [4.69, 9.17) is 5.73 Å². The molecule has 114 valence electrons. The molecule has 8 heteroatoms. The Labute approximate surface area is 119 Å². The van der Waals surface area contributed by atoms with Crippen LogP contribution in [0, 0.1) is 5.92 Å². The van der Waals surface area contributed by atoms with Crippen molar-refractivity contribution in [2.45, 2.75) is 44.2 Å². The minimum Gasteiger partial charge on any atom is -0.393 e. The summed E-state index contributed by atoms with van der Waals surface area (Å²) in [5, 5.41) is 13.5. The van der Waals surface area contributed by atoms with Crippen molar-refractivity contribution in [3.8, 4) is 0 Å². The lowest BCUT2D eigenvalue weighted by Gasteiger charge is -2.32. The Bertz CT molecular complexity index is 559. The van der Waals surface area contributed by atoms with Crippen LogP contribution >= 0.6 is 0 Å². The molecule has 0 radical (unpaired) electrons. The minimum atomic E-state index is -3.59. The molecule has 1 aliphatic heterocycles. The van der Waals surface area contributed by atoms with E-state index in [0.29, 0.717) is 32.5 Å². The summed E-state index contributed by atoms with van der Waals surface area (Å²) in [6.07, 6.45) is 2.41. The molecule has 1 aliphatic rings. The van der Waals surface area contributed by atoms with Crippen LogP contribution in [-0.2, 0) is 16.6 Å². The summed E-state index contributed by atoms with van der Waals surface area (Å²) in [7, 11) is -3.59. The number of piperidine rings is 1. The first kappa shape index (κ1) is 15.3. The molecule has 2 rings (SSSR count). The van der Waals surface area contributed by atoms with Crippen LogP contribution in [0.4, 0.5) is 5.82 Å². The van der Waals surface area contributed by atoms with E-state index in [9.17, 15) is 13.5 Å². The maximum absolute atomic E-state index is 12.5. The largest absolute Gasteiger partial charge is 0.393 e. The molecule has 1 unspecified atom stereocenters. The number of anilines is 1. The highest BCUT2D eigenvalue weighted by Gasteiger charge is 2.33. The summed E-state index contributed by atoms with van der Waals surface area (Å²) in [5.41, 5.74) is 5.71. The molecular formula is C12H22N4O3S. The number of nitrogens with zero attached hydrogens (tertiary/aromatic N) is 3. The Morgan fingerprint density at radius 3 is 2.55 bits per heavy atom. The number of hydrogen-bond donors (Lipinski definition) is 2. The van der Waals surface area contributed by atoms with Gasteiger partial charge in [0.05, 0.1) is 6.10 Å². The number of nitrogen functional groups attached to an aromatic ring is 1. The molecule has 20 heavy (non-hydrogen) atoms. The third kappa shape index (κ3) is 2.82. The molecule has 2 heterocycles. The fourth-order valence-electron chi connectivity index (χ4n) is 2.52. The monoisotopic (exact) mass is 302 g/mol. The summed E-state index contributed by atoms with van der Waals surface area (Å²) in [4.78, 5) is 0.0786. The Morgan fingerprint density at radius 2 is 2.10 bits per heavy atom. The van der Waals surface area contributed by atoms with Gasteiger partial charge in [0.1, 0.15) is 4.90 Å². The predicted molar refractivity (Wildman–Crippen MR) is 75.5 cm³/mol. The summed E-state index contributed by atoms with van der Waals surface area (Å²) < 4.78 is 28.0. The highest BCUT2D eigenvalue weighted by Crippen LogP contribution is 2.27. The van der Waals surface area contributed by atoms with E-state index in [1.807, 2.05) is 6.92 Å². The third-order valence-corrected chi connectivity index (χ3v) is 5.79. The van der Waals surface area contributed by atoms with Gasteiger partial charge in [-0.15, -0.1) is 0 Å². The van der Waals surface area contributed by atoms with Gasteiger partial charge >= 0.3 is 0 Å². The van der Waals surface area contributed by atoms with Gasteiger partial charge in [-0.25, -0.2) is 8.42 Å². The number of aryl methyl sites for hydroxylation is 1. The highest BCUT2D eigenvalue weighted by molar-refractivity contribution is 7.89. The molecular weight excluding hydrogens is 280 g/mol. The normalized spacial score (nSPS) is 20.1. The van der Waals surface area contributed by atoms with Crippen molar-refractivity contribution in [1.29, 1.82) is 0 Å². The van der Waals surface area contributed by atoms with Gasteiger partial charge in [0.25, 0.3) is 0 Å². The van der Waals surface area contributed by atoms with E-state index >= 15 is 0 Å². The first-order chi connectivity index (χ1) is 9.36. The molecule has 0 spiro atoms. The van der Waals surface area contributed by atoms with Crippen LogP contribution in [0.3, 0.4) is 0 Å². The van der Waals surface area contributed by atoms with Crippen molar-refractivity contribution in [3.63, 3.8) is 0 Å². The Balaban J connectivity index is 2.17. The molecule has 7 nitrogen and oxygen atoms in total. The summed E-state index contributed by atoms with van der Waals surface area (Å²) in [6.45, 7) is 5.02. The summed E-state index contributed by atoms with van der Waals surface area (Å²) >= 11 is 0. The lowest BCUT2D eigenvalue weighted by molar-refractivity contribution is 0.0912. The Kier molecular flexibility index (Phi) is 4.36. The van der Waals surface area contributed by atoms with Crippen LogP contribution in [0.2, 0.25) is 0 Å². The molecule has 1 aromatic rings.